The molecule has 0 saturated carbocycles. The normalized spacial score (nSPS) is 11.7. The highest BCUT2D eigenvalue weighted by Gasteiger charge is 2.24. The number of aromatic nitrogens is 2. The lowest BCUT2D eigenvalue weighted by Crippen LogP contribution is -2.11. The first kappa shape index (κ1) is 27.5. The Bertz CT molecular complexity index is 2830. The number of oxazole rings is 1. The fourth-order valence-corrected chi connectivity index (χ4v) is 7.46. The van der Waals surface area contributed by atoms with Crippen LogP contribution in [0.25, 0.3) is 71.6 Å². The van der Waals surface area contributed by atoms with E-state index in [0.29, 0.717) is 5.89 Å². The molecule has 0 spiro atoms. The minimum Gasteiger partial charge on any atom is -0.434 e. The van der Waals surface area contributed by atoms with Gasteiger partial charge in [0.25, 0.3) is 0 Å². The van der Waals surface area contributed by atoms with Crippen molar-refractivity contribution < 1.29 is 4.42 Å². The number of anilines is 3. The molecule has 2 heterocycles. The zero-order valence-electron chi connectivity index (χ0n) is 26.5. The molecule has 0 unspecified atom stereocenters. The Morgan fingerprint density at radius 3 is 1.98 bits per heavy atom. The second-order valence-electron chi connectivity index (χ2n) is 12.4. The monoisotopic (exact) mass is 627 g/mol. The zero-order chi connectivity index (χ0) is 32.3. The summed E-state index contributed by atoms with van der Waals surface area (Å²) in [5.41, 5.74) is 9.07. The SMILES string of the molecule is c1ccc(N(c2cc3c4ccccc4n(-c4ccccc4)c3c3ccccc23)c2cccc3nc(-c4cccc5ccccc45)oc23)cc1. The predicted molar refractivity (Wildman–Crippen MR) is 203 cm³/mol. The third kappa shape index (κ3) is 4.28. The highest BCUT2D eigenvalue weighted by molar-refractivity contribution is 6.22. The summed E-state index contributed by atoms with van der Waals surface area (Å²) in [6.07, 6.45) is 0. The van der Waals surface area contributed by atoms with Crippen LogP contribution in [-0.2, 0) is 0 Å². The van der Waals surface area contributed by atoms with Crippen molar-refractivity contribution in [2.75, 3.05) is 4.90 Å². The summed E-state index contributed by atoms with van der Waals surface area (Å²) < 4.78 is 9.19. The lowest BCUT2D eigenvalue weighted by Gasteiger charge is -2.27. The fourth-order valence-electron chi connectivity index (χ4n) is 7.46. The molecular formula is C45H29N3O. The molecule has 0 N–H and O–H groups in total. The van der Waals surface area contributed by atoms with Crippen molar-refractivity contribution in [3.8, 4) is 17.1 Å². The number of nitrogens with zero attached hydrogens (tertiary/aromatic N) is 3. The van der Waals surface area contributed by atoms with Gasteiger partial charge in [0, 0.05) is 38.5 Å². The molecule has 0 radical (unpaired) electrons. The number of benzene rings is 8. The number of para-hydroxylation sites is 4. The summed E-state index contributed by atoms with van der Waals surface area (Å²) in [5, 5.41) is 6.99. The third-order valence-corrected chi connectivity index (χ3v) is 9.58. The van der Waals surface area contributed by atoms with Gasteiger partial charge in [-0.1, -0.05) is 121 Å². The molecule has 0 atom stereocenters. The van der Waals surface area contributed by atoms with Gasteiger partial charge in [-0.2, -0.15) is 0 Å². The van der Waals surface area contributed by atoms with Crippen molar-refractivity contribution in [3.63, 3.8) is 0 Å². The van der Waals surface area contributed by atoms with Crippen molar-refractivity contribution in [2.45, 2.75) is 0 Å². The van der Waals surface area contributed by atoms with E-state index in [1.54, 1.807) is 0 Å². The smallest absolute Gasteiger partial charge is 0.228 e. The maximum atomic E-state index is 6.79. The van der Waals surface area contributed by atoms with Crippen molar-refractivity contribution in [2.24, 2.45) is 0 Å². The first-order valence-corrected chi connectivity index (χ1v) is 16.6. The van der Waals surface area contributed by atoms with Crippen LogP contribution in [0.4, 0.5) is 17.1 Å². The molecule has 0 bridgehead atoms. The van der Waals surface area contributed by atoms with Gasteiger partial charge in [0.05, 0.1) is 22.4 Å². The van der Waals surface area contributed by atoms with Gasteiger partial charge in [0.1, 0.15) is 5.52 Å². The van der Waals surface area contributed by atoms with Crippen LogP contribution >= 0.6 is 0 Å². The Morgan fingerprint density at radius 2 is 1.14 bits per heavy atom. The van der Waals surface area contributed by atoms with Gasteiger partial charge in [-0.05, 0) is 65.4 Å². The molecule has 0 amide bonds. The predicted octanol–water partition coefficient (Wildman–Crippen LogP) is 12.4. The second kappa shape index (κ2) is 11.0. The van der Waals surface area contributed by atoms with E-state index in [0.717, 1.165) is 55.6 Å². The van der Waals surface area contributed by atoms with Crippen LogP contribution in [0, 0.1) is 0 Å². The molecule has 0 fully saturated rings. The lowest BCUT2D eigenvalue weighted by atomic mass is 10.0. The standard InChI is InChI=1S/C45H29N3O/c1-3-17-31(18-4-1)47(41-28-14-26-39-44(41)49-45(46-39)37-25-13-16-30-15-7-8-21-33(30)37)42-29-38-35-23-11-12-27-40(35)48(32-19-5-2-6-20-32)43(38)36-24-10-9-22-34(36)42/h1-29H. The molecule has 2 aromatic heterocycles. The van der Waals surface area contributed by atoms with Crippen molar-refractivity contribution in [1.82, 2.24) is 9.55 Å². The largest absolute Gasteiger partial charge is 0.434 e. The maximum absolute atomic E-state index is 6.79. The summed E-state index contributed by atoms with van der Waals surface area (Å²) >= 11 is 0. The molecule has 230 valence electrons. The zero-order valence-corrected chi connectivity index (χ0v) is 26.5. The molecule has 0 aliphatic heterocycles. The number of hydrogen-bond donors (Lipinski definition) is 0. The van der Waals surface area contributed by atoms with Gasteiger partial charge in [-0.3, -0.25) is 0 Å². The molecule has 49 heavy (non-hydrogen) atoms. The van der Waals surface area contributed by atoms with E-state index >= 15 is 0 Å². The first-order chi connectivity index (χ1) is 24.3. The quantitative estimate of drug-likeness (QED) is 0.190. The van der Waals surface area contributed by atoms with Gasteiger partial charge < -0.3 is 13.9 Å². The van der Waals surface area contributed by atoms with E-state index in [1.165, 1.54) is 27.2 Å². The topological polar surface area (TPSA) is 34.2 Å². The summed E-state index contributed by atoms with van der Waals surface area (Å²) in [4.78, 5) is 7.39. The van der Waals surface area contributed by atoms with Crippen molar-refractivity contribution in [3.05, 3.63) is 176 Å². The molecule has 4 heteroatoms. The Morgan fingerprint density at radius 1 is 0.490 bits per heavy atom. The summed E-state index contributed by atoms with van der Waals surface area (Å²) in [6.45, 7) is 0. The van der Waals surface area contributed by atoms with Gasteiger partial charge >= 0.3 is 0 Å². The molecule has 0 aliphatic rings. The van der Waals surface area contributed by atoms with Crippen molar-refractivity contribution >= 4 is 71.5 Å². The van der Waals surface area contributed by atoms with E-state index in [4.69, 9.17) is 9.40 Å². The summed E-state index contributed by atoms with van der Waals surface area (Å²) in [6, 6.07) is 61.9. The Hall–Kier alpha value is -6.65. The van der Waals surface area contributed by atoms with Crippen LogP contribution in [0.2, 0.25) is 0 Å². The molecule has 0 aliphatic carbocycles. The van der Waals surface area contributed by atoms with Crippen LogP contribution in [-0.4, -0.2) is 9.55 Å². The molecule has 0 saturated heterocycles. The van der Waals surface area contributed by atoms with Gasteiger partial charge in [0.15, 0.2) is 5.58 Å². The number of fused-ring (bicyclic) bond motifs is 7. The molecule has 8 aromatic carbocycles. The molecule has 4 nitrogen and oxygen atoms in total. The third-order valence-electron chi connectivity index (χ3n) is 9.58. The second-order valence-corrected chi connectivity index (χ2v) is 12.4. The molecule has 10 aromatic rings. The van der Waals surface area contributed by atoms with Gasteiger partial charge in [-0.15, -0.1) is 0 Å². The molecular weight excluding hydrogens is 599 g/mol. The number of rotatable bonds is 5. The maximum Gasteiger partial charge on any atom is 0.228 e. The Labute approximate surface area is 282 Å². The Balaban J connectivity index is 1.28. The minimum absolute atomic E-state index is 0.610. The van der Waals surface area contributed by atoms with Gasteiger partial charge in [-0.25, -0.2) is 4.98 Å². The van der Waals surface area contributed by atoms with E-state index in [1.807, 2.05) is 6.07 Å². The lowest BCUT2D eigenvalue weighted by molar-refractivity contribution is 0.621. The van der Waals surface area contributed by atoms with E-state index in [9.17, 15) is 0 Å². The summed E-state index contributed by atoms with van der Waals surface area (Å²) in [7, 11) is 0. The molecule has 10 rings (SSSR count). The van der Waals surface area contributed by atoms with E-state index < -0.39 is 0 Å². The van der Waals surface area contributed by atoms with Crippen LogP contribution in [0.1, 0.15) is 0 Å². The van der Waals surface area contributed by atoms with Gasteiger partial charge in [0.2, 0.25) is 5.89 Å². The van der Waals surface area contributed by atoms with Crippen LogP contribution in [0.5, 0.6) is 0 Å². The average molecular weight is 628 g/mol. The average Bonchev–Trinajstić information content (AvgIpc) is 3.76. The highest BCUT2D eigenvalue weighted by atomic mass is 16.3. The van der Waals surface area contributed by atoms with E-state index in [-0.39, 0.29) is 0 Å². The van der Waals surface area contributed by atoms with Crippen LogP contribution in [0.15, 0.2) is 180 Å². The van der Waals surface area contributed by atoms with Crippen LogP contribution < -0.4 is 4.90 Å². The first-order valence-electron chi connectivity index (χ1n) is 16.6. The fraction of sp³-hybridized carbons (Fsp3) is 0. The van der Waals surface area contributed by atoms with Crippen LogP contribution in [0.3, 0.4) is 0 Å². The van der Waals surface area contributed by atoms with Crippen molar-refractivity contribution in [1.29, 1.82) is 0 Å². The van der Waals surface area contributed by atoms with E-state index in [2.05, 4.69) is 179 Å². The number of hydrogen-bond acceptors (Lipinski definition) is 3. The summed E-state index contributed by atoms with van der Waals surface area (Å²) in [5.74, 6) is 0.610. The highest BCUT2D eigenvalue weighted by Crippen LogP contribution is 2.47. The Kier molecular flexibility index (Phi) is 6.15. The minimum atomic E-state index is 0.610.